The highest BCUT2D eigenvalue weighted by molar-refractivity contribution is 7.89. The fraction of sp³-hybridized carbons (Fsp3) is 0.429. The second-order valence-corrected chi connectivity index (χ2v) is 7.45. The van der Waals surface area contributed by atoms with Crippen LogP contribution in [-0.2, 0) is 24.3 Å². The Kier molecular flexibility index (Phi) is 5.81. The summed E-state index contributed by atoms with van der Waals surface area (Å²) in [5.74, 6) is -1.75. The molecule has 1 aromatic carbocycles. The molecule has 8 nitrogen and oxygen atoms in total. The third-order valence-corrected chi connectivity index (χ3v) is 5.67. The van der Waals surface area contributed by atoms with Crippen LogP contribution in [0.1, 0.15) is 17.3 Å². The molecule has 2 rings (SSSR count). The number of amides is 1. The van der Waals surface area contributed by atoms with Gasteiger partial charge >= 0.3 is 5.97 Å². The van der Waals surface area contributed by atoms with Crippen molar-refractivity contribution >= 4 is 33.5 Å². The van der Waals surface area contributed by atoms with Crippen LogP contribution < -0.4 is 5.73 Å². The number of hydrogen-bond acceptors (Lipinski definition) is 6. The van der Waals surface area contributed by atoms with Gasteiger partial charge in [0.1, 0.15) is 0 Å². The van der Waals surface area contributed by atoms with Gasteiger partial charge in [-0.15, -0.1) is 0 Å². The van der Waals surface area contributed by atoms with Crippen LogP contribution in [0.4, 0.5) is 0 Å². The SMILES string of the molecule is C[C@@H](OC(=O)c1cc(S(=O)(=O)N2CCOCC2)ccc1Cl)C(N)=O. The number of carbonyl (C=O) groups is 2. The molecule has 1 saturated heterocycles. The van der Waals surface area contributed by atoms with Gasteiger partial charge in [-0.3, -0.25) is 4.79 Å². The molecule has 132 valence electrons. The maximum Gasteiger partial charge on any atom is 0.340 e. The normalized spacial score (nSPS) is 17.2. The third-order valence-electron chi connectivity index (χ3n) is 3.45. The van der Waals surface area contributed by atoms with Crippen LogP contribution >= 0.6 is 11.6 Å². The van der Waals surface area contributed by atoms with Gasteiger partial charge in [0.05, 0.1) is 28.7 Å². The number of benzene rings is 1. The van der Waals surface area contributed by atoms with Gasteiger partial charge in [0.15, 0.2) is 6.10 Å². The number of morpholine rings is 1. The average molecular weight is 377 g/mol. The summed E-state index contributed by atoms with van der Waals surface area (Å²) < 4.78 is 36.5. The first-order valence-corrected chi connectivity index (χ1v) is 8.93. The molecule has 1 fully saturated rings. The molecule has 0 bridgehead atoms. The molecule has 1 heterocycles. The van der Waals surface area contributed by atoms with Crippen molar-refractivity contribution in [3.8, 4) is 0 Å². The van der Waals surface area contributed by atoms with E-state index >= 15 is 0 Å². The van der Waals surface area contributed by atoms with Crippen molar-refractivity contribution in [2.75, 3.05) is 26.3 Å². The maximum absolute atomic E-state index is 12.6. The van der Waals surface area contributed by atoms with Gasteiger partial charge in [0.25, 0.3) is 5.91 Å². The predicted octanol–water partition coefficient (Wildman–Crippen LogP) is 0.391. The highest BCUT2D eigenvalue weighted by atomic mass is 35.5. The Balaban J connectivity index is 2.31. The number of esters is 1. The number of nitrogens with two attached hydrogens (primary N) is 1. The zero-order valence-corrected chi connectivity index (χ0v) is 14.5. The van der Waals surface area contributed by atoms with Crippen molar-refractivity contribution in [2.45, 2.75) is 17.9 Å². The zero-order valence-electron chi connectivity index (χ0n) is 12.9. The predicted molar refractivity (Wildman–Crippen MR) is 85.1 cm³/mol. The number of primary amides is 1. The minimum atomic E-state index is -3.78. The number of carbonyl (C=O) groups excluding carboxylic acids is 2. The van der Waals surface area contributed by atoms with Crippen molar-refractivity contribution in [2.24, 2.45) is 5.73 Å². The Bertz CT molecular complexity index is 746. The average Bonchev–Trinajstić information content (AvgIpc) is 2.55. The molecule has 0 radical (unpaired) electrons. The molecule has 10 heteroatoms. The summed E-state index contributed by atoms with van der Waals surface area (Å²) in [6.07, 6.45) is -1.16. The van der Waals surface area contributed by atoms with Gasteiger partial charge in [0.2, 0.25) is 10.0 Å². The molecule has 0 aromatic heterocycles. The van der Waals surface area contributed by atoms with Gasteiger partial charge in [-0.25, -0.2) is 13.2 Å². The number of hydrogen-bond donors (Lipinski definition) is 1. The highest BCUT2D eigenvalue weighted by Gasteiger charge is 2.28. The fourth-order valence-corrected chi connectivity index (χ4v) is 3.67. The summed E-state index contributed by atoms with van der Waals surface area (Å²) in [5, 5.41) is 0.0117. The van der Waals surface area contributed by atoms with E-state index in [1.54, 1.807) is 0 Å². The van der Waals surface area contributed by atoms with Gasteiger partial charge in [-0.1, -0.05) is 11.6 Å². The molecule has 1 aromatic rings. The summed E-state index contributed by atoms with van der Waals surface area (Å²) in [6.45, 7) is 2.37. The lowest BCUT2D eigenvalue weighted by Crippen LogP contribution is -2.40. The molecular weight excluding hydrogens is 360 g/mol. The van der Waals surface area contributed by atoms with Crippen LogP contribution in [0.3, 0.4) is 0 Å². The standard InChI is InChI=1S/C14H17ClN2O6S/c1-9(13(16)18)23-14(19)11-8-10(2-3-12(11)15)24(20,21)17-4-6-22-7-5-17/h2-3,8-9H,4-7H2,1H3,(H2,16,18)/t9-/m1/s1. The third kappa shape index (κ3) is 4.04. The molecule has 0 unspecified atom stereocenters. The molecule has 1 aliphatic heterocycles. The summed E-state index contributed by atoms with van der Waals surface area (Å²) in [5.41, 5.74) is 4.88. The number of nitrogens with zero attached hydrogens (tertiary/aromatic N) is 1. The molecule has 24 heavy (non-hydrogen) atoms. The molecule has 2 N–H and O–H groups in total. The number of sulfonamides is 1. The first-order chi connectivity index (χ1) is 11.2. The summed E-state index contributed by atoms with van der Waals surface area (Å²) >= 11 is 5.94. The zero-order chi connectivity index (χ0) is 17.9. The molecule has 1 atom stereocenters. The number of rotatable bonds is 5. The fourth-order valence-electron chi connectivity index (χ4n) is 2.04. The van der Waals surface area contributed by atoms with Gasteiger partial charge in [0, 0.05) is 13.1 Å². The van der Waals surface area contributed by atoms with E-state index in [9.17, 15) is 18.0 Å². The van der Waals surface area contributed by atoms with Crippen molar-refractivity contribution in [3.63, 3.8) is 0 Å². The Labute approximate surface area is 144 Å². The summed E-state index contributed by atoms with van der Waals surface area (Å²) in [4.78, 5) is 23.0. The molecule has 0 spiro atoms. The first kappa shape index (κ1) is 18.7. The molecule has 1 amide bonds. The Morgan fingerprint density at radius 2 is 1.96 bits per heavy atom. The largest absolute Gasteiger partial charge is 0.449 e. The highest BCUT2D eigenvalue weighted by Crippen LogP contribution is 2.24. The van der Waals surface area contributed by atoms with Crippen LogP contribution in [-0.4, -0.2) is 57.0 Å². The van der Waals surface area contributed by atoms with Gasteiger partial charge in [-0.05, 0) is 25.1 Å². The molecule has 0 aliphatic carbocycles. The first-order valence-electron chi connectivity index (χ1n) is 7.11. The van der Waals surface area contributed by atoms with Crippen molar-refractivity contribution in [3.05, 3.63) is 28.8 Å². The lowest BCUT2D eigenvalue weighted by atomic mass is 10.2. The quantitative estimate of drug-likeness (QED) is 0.743. The second-order valence-electron chi connectivity index (χ2n) is 5.11. The lowest BCUT2D eigenvalue weighted by molar-refractivity contribution is -0.125. The van der Waals surface area contributed by atoms with Gasteiger partial charge < -0.3 is 15.2 Å². The van der Waals surface area contributed by atoms with Gasteiger partial charge in [-0.2, -0.15) is 4.31 Å². The van der Waals surface area contributed by atoms with E-state index < -0.39 is 28.0 Å². The van der Waals surface area contributed by atoms with E-state index in [4.69, 9.17) is 26.8 Å². The number of ether oxygens (including phenoxy) is 2. The second kappa shape index (κ2) is 7.47. The topological polar surface area (TPSA) is 116 Å². The van der Waals surface area contributed by atoms with Crippen LogP contribution in [0.2, 0.25) is 5.02 Å². The summed E-state index contributed by atoms with van der Waals surface area (Å²) in [7, 11) is -3.78. The maximum atomic E-state index is 12.6. The van der Waals surface area contributed by atoms with Crippen LogP contribution in [0.15, 0.2) is 23.1 Å². The van der Waals surface area contributed by atoms with E-state index in [0.29, 0.717) is 13.2 Å². The van der Waals surface area contributed by atoms with E-state index in [1.807, 2.05) is 0 Å². The van der Waals surface area contributed by atoms with E-state index in [1.165, 1.54) is 23.4 Å². The minimum Gasteiger partial charge on any atom is -0.449 e. The Morgan fingerprint density at radius 1 is 1.33 bits per heavy atom. The Hall–Kier alpha value is -1.68. The van der Waals surface area contributed by atoms with Crippen molar-refractivity contribution in [1.82, 2.24) is 4.31 Å². The van der Waals surface area contributed by atoms with Crippen molar-refractivity contribution < 1.29 is 27.5 Å². The van der Waals surface area contributed by atoms with Crippen LogP contribution in [0, 0.1) is 0 Å². The minimum absolute atomic E-state index is 0.0117. The molecular formula is C14H17ClN2O6S. The Morgan fingerprint density at radius 3 is 2.54 bits per heavy atom. The van der Waals surface area contributed by atoms with Crippen molar-refractivity contribution in [1.29, 1.82) is 0 Å². The smallest absolute Gasteiger partial charge is 0.340 e. The summed E-state index contributed by atoms with van der Waals surface area (Å²) in [6, 6.07) is 3.73. The number of halogens is 1. The van der Waals surface area contributed by atoms with E-state index in [2.05, 4.69) is 0 Å². The monoisotopic (exact) mass is 376 g/mol. The van der Waals surface area contributed by atoms with Crippen LogP contribution in [0.5, 0.6) is 0 Å². The molecule has 0 saturated carbocycles. The van der Waals surface area contributed by atoms with Crippen LogP contribution in [0.25, 0.3) is 0 Å². The van der Waals surface area contributed by atoms with E-state index in [0.717, 1.165) is 6.07 Å². The molecule has 1 aliphatic rings. The van der Waals surface area contributed by atoms with E-state index in [-0.39, 0.29) is 28.6 Å². The lowest BCUT2D eigenvalue weighted by Gasteiger charge is -2.26.